The quantitative estimate of drug-likeness (QED) is 0.368. The Morgan fingerprint density at radius 1 is 1.22 bits per heavy atom. The van der Waals surface area contributed by atoms with Crippen LogP contribution in [0.25, 0.3) is 0 Å². The first-order valence-electron chi connectivity index (χ1n) is 7.39. The second kappa shape index (κ2) is 9.34. The third kappa shape index (κ3) is 6.97. The molecule has 1 aliphatic rings. The molecule has 0 atom stereocenters. The highest BCUT2D eigenvalue weighted by Gasteiger charge is 2.25. The van der Waals surface area contributed by atoms with Crippen LogP contribution >= 0.6 is 0 Å². The number of hydrogen-bond donors (Lipinski definition) is 1. The van der Waals surface area contributed by atoms with Gasteiger partial charge in [-0.25, -0.2) is 0 Å². The first-order chi connectivity index (χ1) is 8.72. The van der Waals surface area contributed by atoms with E-state index in [9.17, 15) is 10.0 Å². The van der Waals surface area contributed by atoms with E-state index in [1.807, 2.05) is 0 Å². The zero-order chi connectivity index (χ0) is 13.2. The van der Waals surface area contributed by atoms with Gasteiger partial charge < -0.3 is 15.0 Å². The Morgan fingerprint density at radius 3 is 2.61 bits per heavy atom. The van der Waals surface area contributed by atoms with Crippen molar-refractivity contribution in [3.8, 4) is 0 Å². The van der Waals surface area contributed by atoms with E-state index in [1.54, 1.807) is 0 Å². The van der Waals surface area contributed by atoms with Crippen molar-refractivity contribution in [2.75, 3.05) is 19.7 Å². The van der Waals surface area contributed by atoms with Gasteiger partial charge in [0.1, 0.15) is 0 Å². The lowest BCUT2D eigenvalue weighted by molar-refractivity contribution is -0.902. The van der Waals surface area contributed by atoms with Crippen molar-refractivity contribution in [1.82, 2.24) is 0 Å². The van der Waals surface area contributed by atoms with Crippen LogP contribution in [0.2, 0.25) is 0 Å². The summed E-state index contributed by atoms with van der Waals surface area (Å²) >= 11 is 0. The molecule has 1 aliphatic heterocycles. The van der Waals surface area contributed by atoms with E-state index in [0.717, 1.165) is 38.8 Å². The maximum atomic E-state index is 11.4. The largest absolute Gasteiger partial charge is 0.634 e. The van der Waals surface area contributed by atoms with Gasteiger partial charge in [0.25, 0.3) is 0 Å². The van der Waals surface area contributed by atoms with Crippen molar-refractivity contribution in [3.05, 3.63) is 5.21 Å². The number of hydroxylamine groups is 2. The van der Waals surface area contributed by atoms with E-state index in [1.165, 1.54) is 19.3 Å². The lowest BCUT2D eigenvalue weighted by Crippen LogP contribution is -3.15. The van der Waals surface area contributed by atoms with Crippen molar-refractivity contribution >= 4 is 5.97 Å². The van der Waals surface area contributed by atoms with Crippen LogP contribution in [0, 0.1) is 11.1 Å². The van der Waals surface area contributed by atoms with Crippen LogP contribution in [-0.4, -0.2) is 25.7 Å². The molecule has 0 amide bonds. The van der Waals surface area contributed by atoms with Crippen LogP contribution in [0.1, 0.15) is 58.3 Å². The van der Waals surface area contributed by atoms with E-state index in [0.29, 0.717) is 24.0 Å². The molecule has 0 radical (unpaired) electrons. The number of quaternary nitrogens is 1. The summed E-state index contributed by atoms with van der Waals surface area (Å²) in [5.41, 5.74) is 0. The molecular weight excluding hydrogens is 230 g/mol. The van der Waals surface area contributed by atoms with E-state index in [-0.39, 0.29) is 5.97 Å². The molecule has 1 N–H and O–H groups in total. The minimum absolute atomic E-state index is 0.0730. The van der Waals surface area contributed by atoms with Gasteiger partial charge in [0.05, 0.1) is 25.6 Å². The number of nitrogens with one attached hydrogen (secondary N) is 1. The fourth-order valence-electron chi connectivity index (χ4n) is 2.29. The molecule has 0 aromatic rings. The van der Waals surface area contributed by atoms with Crippen LogP contribution in [0.5, 0.6) is 0 Å². The molecule has 1 fully saturated rings. The molecule has 0 aromatic carbocycles. The summed E-state index contributed by atoms with van der Waals surface area (Å²) in [4.78, 5) is 11.4. The molecule has 1 saturated heterocycles. The molecule has 18 heavy (non-hydrogen) atoms. The standard InChI is InChI=1S/C14H27NO3/c1-2-3-4-5-6-10-18-14(16)9-7-8-13-11-15(17)12-13/h13,15H,2-12H2,1H3. The van der Waals surface area contributed by atoms with Gasteiger partial charge in [0.2, 0.25) is 0 Å². The van der Waals surface area contributed by atoms with Gasteiger partial charge in [-0.15, -0.1) is 0 Å². The predicted molar refractivity (Wildman–Crippen MR) is 71.1 cm³/mol. The fourth-order valence-corrected chi connectivity index (χ4v) is 2.29. The van der Waals surface area contributed by atoms with Gasteiger partial charge in [0.15, 0.2) is 0 Å². The summed E-state index contributed by atoms with van der Waals surface area (Å²) in [6, 6.07) is 0. The molecule has 4 nitrogen and oxygen atoms in total. The number of ether oxygens (including phenoxy) is 1. The Morgan fingerprint density at radius 2 is 1.94 bits per heavy atom. The smallest absolute Gasteiger partial charge is 0.305 e. The topological polar surface area (TPSA) is 53.8 Å². The van der Waals surface area contributed by atoms with Crippen LogP contribution in [-0.2, 0) is 9.53 Å². The summed E-state index contributed by atoms with van der Waals surface area (Å²) < 4.78 is 5.17. The van der Waals surface area contributed by atoms with Crippen molar-refractivity contribution in [2.45, 2.75) is 58.3 Å². The predicted octanol–water partition coefficient (Wildman–Crippen LogP) is 1.68. The van der Waals surface area contributed by atoms with Crippen LogP contribution < -0.4 is 5.06 Å². The molecule has 4 heteroatoms. The van der Waals surface area contributed by atoms with Gasteiger partial charge in [0, 0.05) is 6.42 Å². The molecular formula is C14H27NO3. The Hall–Kier alpha value is -0.610. The molecule has 0 saturated carbocycles. The average molecular weight is 257 g/mol. The summed E-state index contributed by atoms with van der Waals surface area (Å²) in [5, 5.41) is 11.1. The summed E-state index contributed by atoms with van der Waals surface area (Å²) in [7, 11) is 0. The highest BCUT2D eigenvalue weighted by atomic mass is 16.5. The van der Waals surface area contributed by atoms with E-state index in [4.69, 9.17) is 4.74 Å². The Bertz CT molecular complexity index is 227. The van der Waals surface area contributed by atoms with Gasteiger partial charge in [-0.05, 0) is 19.3 Å². The summed E-state index contributed by atoms with van der Waals surface area (Å²) in [6.07, 6.45) is 8.28. The van der Waals surface area contributed by atoms with Gasteiger partial charge in [-0.2, -0.15) is 0 Å². The van der Waals surface area contributed by atoms with Crippen LogP contribution in [0.4, 0.5) is 0 Å². The highest BCUT2D eigenvalue weighted by molar-refractivity contribution is 5.69. The van der Waals surface area contributed by atoms with Gasteiger partial charge in [-0.3, -0.25) is 4.79 Å². The maximum Gasteiger partial charge on any atom is 0.305 e. The minimum atomic E-state index is -0.0730. The second-order valence-electron chi connectivity index (χ2n) is 5.34. The number of rotatable bonds is 10. The van der Waals surface area contributed by atoms with E-state index in [2.05, 4.69) is 6.92 Å². The van der Waals surface area contributed by atoms with Crippen molar-refractivity contribution < 1.29 is 14.6 Å². The number of carbonyl (C=O) groups is 1. The Balaban J connectivity index is 1.82. The molecule has 106 valence electrons. The molecule has 1 heterocycles. The third-order valence-electron chi connectivity index (χ3n) is 3.54. The minimum Gasteiger partial charge on any atom is -0.634 e. The average Bonchev–Trinajstić information content (AvgIpc) is 2.31. The molecule has 0 aromatic heterocycles. The SMILES string of the molecule is CCCCCCCOC(=O)CCCC1C[NH+]([O-])C1. The highest BCUT2D eigenvalue weighted by Crippen LogP contribution is 2.10. The summed E-state index contributed by atoms with van der Waals surface area (Å²) in [5.74, 6) is 0.468. The first-order valence-corrected chi connectivity index (χ1v) is 7.39. The van der Waals surface area contributed by atoms with Crippen molar-refractivity contribution in [2.24, 2.45) is 5.92 Å². The van der Waals surface area contributed by atoms with E-state index >= 15 is 0 Å². The van der Waals surface area contributed by atoms with E-state index < -0.39 is 0 Å². The lowest BCUT2D eigenvalue weighted by atomic mass is 9.96. The molecule has 0 spiro atoms. The normalized spacial score (nSPS) is 22.6. The van der Waals surface area contributed by atoms with Gasteiger partial charge >= 0.3 is 5.97 Å². The monoisotopic (exact) mass is 257 g/mol. The van der Waals surface area contributed by atoms with Crippen LogP contribution in [0.3, 0.4) is 0 Å². The zero-order valence-corrected chi connectivity index (χ0v) is 11.6. The molecule has 0 unspecified atom stereocenters. The fraction of sp³-hybridized carbons (Fsp3) is 0.929. The number of hydrogen-bond acceptors (Lipinski definition) is 3. The number of unbranched alkanes of at least 4 members (excludes halogenated alkanes) is 4. The Labute approximate surface area is 110 Å². The lowest BCUT2D eigenvalue weighted by Gasteiger charge is -2.38. The maximum absolute atomic E-state index is 11.4. The first kappa shape index (κ1) is 15.4. The zero-order valence-electron chi connectivity index (χ0n) is 11.6. The van der Waals surface area contributed by atoms with Crippen molar-refractivity contribution in [1.29, 1.82) is 0 Å². The van der Waals surface area contributed by atoms with Gasteiger partial charge in [-0.1, -0.05) is 32.6 Å². The van der Waals surface area contributed by atoms with Crippen molar-refractivity contribution in [3.63, 3.8) is 0 Å². The molecule has 0 bridgehead atoms. The Kier molecular flexibility index (Phi) is 8.01. The summed E-state index contributed by atoms with van der Waals surface area (Å²) in [6.45, 7) is 4.22. The molecule has 1 rings (SSSR count). The second-order valence-corrected chi connectivity index (χ2v) is 5.34. The van der Waals surface area contributed by atoms with Crippen LogP contribution in [0.15, 0.2) is 0 Å². The third-order valence-corrected chi connectivity index (χ3v) is 3.54. The number of carbonyl (C=O) groups excluding carboxylic acids is 1. The molecule has 0 aliphatic carbocycles. The number of esters is 1.